The van der Waals surface area contributed by atoms with Crippen LogP contribution in [0.15, 0.2) is 35.1 Å². The van der Waals surface area contributed by atoms with Crippen molar-refractivity contribution in [2.75, 3.05) is 13.7 Å². The van der Waals surface area contributed by atoms with Crippen molar-refractivity contribution in [2.24, 2.45) is 0 Å². The molecule has 0 aliphatic heterocycles. The quantitative estimate of drug-likeness (QED) is 0.865. The fourth-order valence-corrected chi connectivity index (χ4v) is 2.42. The van der Waals surface area contributed by atoms with E-state index in [9.17, 15) is 4.39 Å². The largest absolute Gasteiger partial charge is 0.481 e. The molecule has 1 heterocycles. The van der Waals surface area contributed by atoms with Gasteiger partial charge in [0.25, 0.3) is 0 Å². The van der Waals surface area contributed by atoms with E-state index in [1.165, 1.54) is 12.4 Å². The van der Waals surface area contributed by atoms with Gasteiger partial charge in [-0.3, -0.25) is 0 Å². The number of ether oxygens (including phenoxy) is 1. The summed E-state index contributed by atoms with van der Waals surface area (Å²) in [6.45, 7) is 2.76. The SMILES string of the molecule is CCNC(Cc1ccc(Br)cc1F)c1cc(OC)ncn1. The molecule has 0 saturated heterocycles. The summed E-state index contributed by atoms with van der Waals surface area (Å²) in [6, 6.07) is 6.76. The fourth-order valence-electron chi connectivity index (χ4n) is 2.09. The zero-order valence-corrected chi connectivity index (χ0v) is 13.5. The Morgan fingerprint density at radius 2 is 2.14 bits per heavy atom. The predicted molar refractivity (Wildman–Crippen MR) is 82.8 cm³/mol. The third-order valence-corrected chi connectivity index (χ3v) is 3.61. The highest BCUT2D eigenvalue weighted by molar-refractivity contribution is 9.10. The summed E-state index contributed by atoms with van der Waals surface area (Å²) in [7, 11) is 1.56. The van der Waals surface area contributed by atoms with Crippen LogP contribution in [0.4, 0.5) is 4.39 Å². The fraction of sp³-hybridized carbons (Fsp3) is 0.333. The molecule has 0 spiro atoms. The first-order valence-electron chi connectivity index (χ1n) is 6.67. The molecule has 21 heavy (non-hydrogen) atoms. The lowest BCUT2D eigenvalue weighted by Gasteiger charge is -2.18. The van der Waals surface area contributed by atoms with Crippen LogP contribution < -0.4 is 10.1 Å². The summed E-state index contributed by atoms with van der Waals surface area (Å²) in [4.78, 5) is 8.26. The molecule has 0 radical (unpaired) electrons. The third-order valence-electron chi connectivity index (χ3n) is 3.12. The van der Waals surface area contributed by atoms with Crippen LogP contribution in [-0.4, -0.2) is 23.6 Å². The summed E-state index contributed by atoms with van der Waals surface area (Å²) in [5.41, 5.74) is 1.42. The van der Waals surface area contributed by atoms with E-state index in [1.54, 1.807) is 19.2 Å². The molecular formula is C15H17BrFN3O. The van der Waals surface area contributed by atoms with Gasteiger partial charge in [0.15, 0.2) is 0 Å². The standard InChI is InChI=1S/C15H17BrFN3O/c1-3-18-13(14-8-15(21-2)20-9-19-14)6-10-4-5-11(16)7-12(10)17/h4-5,7-9,13,18H,3,6H2,1-2H3. The van der Waals surface area contributed by atoms with Crippen LogP contribution >= 0.6 is 15.9 Å². The number of hydrogen-bond donors (Lipinski definition) is 1. The Morgan fingerprint density at radius 3 is 2.81 bits per heavy atom. The summed E-state index contributed by atoms with van der Waals surface area (Å²) in [5.74, 6) is 0.271. The Kier molecular flexibility index (Phi) is 5.64. The van der Waals surface area contributed by atoms with Gasteiger partial charge < -0.3 is 10.1 Å². The van der Waals surface area contributed by atoms with Gasteiger partial charge in [-0.2, -0.15) is 0 Å². The second-order valence-electron chi connectivity index (χ2n) is 4.54. The summed E-state index contributed by atoms with van der Waals surface area (Å²) >= 11 is 3.26. The van der Waals surface area contributed by atoms with Gasteiger partial charge in [0, 0.05) is 10.5 Å². The Morgan fingerprint density at radius 1 is 1.33 bits per heavy atom. The molecule has 0 amide bonds. The Balaban J connectivity index is 2.25. The maximum absolute atomic E-state index is 14.0. The molecule has 1 unspecified atom stereocenters. The van der Waals surface area contributed by atoms with E-state index in [4.69, 9.17) is 4.74 Å². The molecule has 2 rings (SSSR count). The van der Waals surface area contributed by atoms with Crippen LogP contribution in [0.2, 0.25) is 0 Å². The molecule has 112 valence electrons. The van der Waals surface area contributed by atoms with Crippen LogP contribution in [0.1, 0.15) is 24.2 Å². The van der Waals surface area contributed by atoms with Gasteiger partial charge in [0.1, 0.15) is 12.1 Å². The lowest BCUT2D eigenvalue weighted by atomic mass is 10.0. The highest BCUT2D eigenvalue weighted by Crippen LogP contribution is 2.22. The molecule has 1 aromatic carbocycles. The van der Waals surface area contributed by atoms with Gasteiger partial charge in [-0.15, -0.1) is 0 Å². The van der Waals surface area contributed by atoms with Gasteiger partial charge >= 0.3 is 0 Å². The molecule has 0 aliphatic carbocycles. The van der Waals surface area contributed by atoms with E-state index in [-0.39, 0.29) is 11.9 Å². The van der Waals surface area contributed by atoms with Crippen molar-refractivity contribution in [3.05, 3.63) is 52.1 Å². The second-order valence-corrected chi connectivity index (χ2v) is 5.45. The maximum atomic E-state index is 14.0. The van der Waals surface area contributed by atoms with Crippen LogP contribution in [0.3, 0.4) is 0 Å². The lowest BCUT2D eigenvalue weighted by molar-refractivity contribution is 0.393. The highest BCUT2D eigenvalue weighted by atomic mass is 79.9. The number of nitrogens with zero attached hydrogens (tertiary/aromatic N) is 2. The van der Waals surface area contributed by atoms with Crippen molar-refractivity contribution >= 4 is 15.9 Å². The van der Waals surface area contributed by atoms with Crippen molar-refractivity contribution in [1.29, 1.82) is 0 Å². The van der Waals surface area contributed by atoms with Gasteiger partial charge in [-0.25, -0.2) is 14.4 Å². The number of rotatable bonds is 6. The number of benzene rings is 1. The molecule has 1 atom stereocenters. The number of aromatic nitrogens is 2. The Bertz CT molecular complexity index is 609. The average molecular weight is 354 g/mol. The van der Waals surface area contributed by atoms with Crippen molar-refractivity contribution in [3.8, 4) is 5.88 Å². The van der Waals surface area contributed by atoms with Crippen molar-refractivity contribution in [1.82, 2.24) is 15.3 Å². The molecule has 0 fully saturated rings. The first-order chi connectivity index (χ1) is 10.1. The molecule has 0 saturated carbocycles. The van der Waals surface area contributed by atoms with Crippen LogP contribution in [0.25, 0.3) is 0 Å². The molecule has 6 heteroatoms. The third kappa shape index (κ3) is 4.22. The minimum Gasteiger partial charge on any atom is -0.481 e. The maximum Gasteiger partial charge on any atom is 0.216 e. The molecule has 0 aliphatic rings. The van der Waals surface area contributed by atoms with E-state index in [1.807, 2.05) is 13.0 Å². The molecule has 1 aromatic heterocycles. The zero-order chi connectivity index (χ0) is 15.2. The van der Waals surface area contributed by atoms with E-state index in [0.29, 0.717) is 17.9 Å². The van der Waals surface area contributed by atoms with Crippen LogP contribution in [-0.2, 0) is 6.42 Å². The monoisotopic (exact) mass is 353 g/mol. The smallest absolute Gasteiger partial charge is 0.216 e. The topological polar surface area (TPSA) is 47.0 Å². The number of methoxy groups -OCH3 is 1. The van der Waals surface area contributed by atoms with Gasteiger partial charge in [-0.1, -0.05) is 28.9 Å². The normalized spacial score (nSPS) is 12.2. The van der Waals surface area contributed by atoms with Crippen LogP contribution in [0.5, 0.6) is 5.88 Å². The van der Waals surface area contributed by atoms with Gasteiger partial charge in [0.05, 0.1) is 18.8 Å². The van der Waals surface area contributed by atoms with E-state index in [2.05, 4.69) is 31.2 Å². The Labute approximate surface area is 131 Å². The zero-order valence-electron chi connectivity index (χ0n) is 11.9. The van der Waals surface area contributed by atoms with E-state index < -0.39 is 0 Å². The lowest BCUT2D eigenvalue weighted by Crippen LogP contribution is -2.24. The molecular weight excluding hydrogens is 337 g/mol. The molecule has 4 nitrogen and oxygen atoms in total. The molecule has 1 N–H and O–H groups in total. The first kappa shape index (κ1) is 15.9. The minimum absolute atomic E-state index is 0.0948. The highest BCUT2D eigenvalue weighted by Gasteiger charge is 2.16. The number of likely N-dealkylation sites (N-methyl/N-ethyl adjacent to an activating group) is 1. The number of halogens is 2. The number of nitrogens with one attached hydrogen (secondary N) is 1. The van der Waals surface area contributed by atoms with Gasteiger partial charge in [-0.05, 0) is 30.7 Å². The van der Waals surface area contributed by atoms with Crippen molar-refractivity contribution in [3.63, 3.8) is 0 Å². The van der Waals surface area contributed by atoms with E-state index >= 15 is 0 Å². The van der Waals surface area contributed by atoms with Gasteiger partial charge in [0.2, 0.25) is 5.88 Å². The Hall–Kier alpha value is -1.53. The minimum atomic E-state index is -0.228. The molecule has 2 aromatic rings. The summed E-state index contributed by atoms with van der Waals surface area (Å²) in [5, 5.41) is 3.32. The number of hydrogen-bond acceptors (Lipinski definition) is 4. The summed E-state index contributed by atoms with van der Waals surface area (Å²) < 4.78 is 19.8. The predicted octanol–water partition coefficient (Wildman–Crippen LogP) is 3.28. The van der Waals surface area contributed by atoms with Crippen molar-refractivity contribution < 1.29 is 9.13 Å². The van der Waals surface area contributed by atoms with Crippen molar-refractivity contribution in [2.45, 2.75) is 19.4 Å². The summed E-state index contributed by atoms with van der Waals surface area (Å²) in [6.07, 6.45) is 1.96. The second kappa shape index (κ2) is 7.47. The van der Waals surface area contributed by atoms with Crippen LogP contribution in [0, 0.1) is 5.82 Å². The van der Waals surface area contributed by atoms with E-state index in [0.717, 1.165) is 16.7 Å². The average Bonchev–Trinajstić information content (AvgIpc) is 2.49. The first-order valence-corrected chi connectivity index (χ1v) is 7.46. The molecule has 0 bridgehead atoms.